The molecule has 2 aromatic rings. The largest absolute Gasteiger partial charge is 0.489 e. The van der Waals surface area contributed by atoms with Crippen LogP contribution in [0.5, 0.6) is 5.75 Å². The molecule has 0 aromatic heterocycles. The summed E-state index contributed by atoms with van der Waals surface area (Å²) >= 11 is 0. The lowest BCUT2D eigenvalue weighted by atomic mass is 10.1. The molecule has 0 fully saturated rings. The molecular weight excluding hydrogens is 253 g/mol. The molecule has 0 heterocycles. The van der Waals surface area contributed by atoms with Gasteiger partial charge in [-0.05, 0) is 30.2 Å². The quantitative estimate of drug-likeness (QED) is 0.869. The molecule has 0 radical (unpaired) electrons. The minimum Gasteiger partial charge on any atom is -0.489 e. The molecule has 0 aliphatic carbocycles. The molecule has 102 valence electrons. The van der Waals surface area contributed by atoms with E-state index in [1.165, 1.54) is 6.07 Å². The van der Waals surface area contributed by atoms with Crippen molar-refractivity contribution in [1.82, 2.24) is 0 Å². The van der Waals surface area contributed by atoms with E-state index in [9.17, 15) is 4.39 Å². The Morgan fingerprint density at radius 2 is 2.00 bits per heavy atom. The third-order valence-corrected chi connectivity index (χ3v) is 2.92. The number of benzene rings is 2. The van der Waals surface area contributed by atoms with E-state index in [-0.39, 0.29) is 6.54 Å². The maximum Gasteiger partial charge on any atom is 0.142 e. The highest BCUT2D eigenvalue weighted by Gasteiger charge is 2.03. The van der Waals surface area contributed by atoms with Crippen LogP contribution in [-0.4, -0.2) is 6.54 Å². The number of nitrogens with two attached hydrogens (primary N) is 1. The fourth-order valence-corrected chi connectivity index (χ4v) is 1.77. The van der Waals surface area contributed by atoms with Crippen LogP contribution in [-0.2, 0) is 6.61 Å². The maximum absolute atomic E-state index is 13.8. The summed E-state index contributed by atoms with van der Waals surface area (Å²) in [6.45, 7) is 2.65. The summed E-state index contributed by atoms with van der Waals surface area (Å²) in [7, 11) is 0. The molecule has 2 N–H and O–H groups in total. The SMILES string of the molecule is Cc1ccccc1COc1ccc(C#CCN)c(F)c1. The van der Waals surface area contributed by atoms with Crippen LogP contribution in [0.15, 0.2) is 42.5 Å². The van der Waals surface area contributed by atoms with Crippen molar-refractivity contribution in [3.8, 4) is 17.6 Å². The van der Waals surface area contributed by atoms with Gasteiger partial charge in [-0.3, -0.25) is 0 Å². The molecule has 0 aliphatic rings. The lowest BCUT2D eigenvalue weighted by molar-refractivity contribution is 0.304. The Labute approximate surface area is 118 Å². The van der Waals surface area contributed by atoms with Crippen molar-refractivity contribution in [2.45, 2.75) is 13.5 Å². The Kier molecular flexibility index (Phi) is 4.75. The molecule has 0 saturated carbocycles. The molecule has 3 heteroatoms. The molecule has 2 aromatic carbocycles. The van der Waals surface area contributed by atoms with Crippen molar-refractivity contribution in [1.29, 1.82) is 0 Å². The Bertz CT molecular complexity index is 656. The second-order valence-corrected chi connectivity index (χ2v) is 4.36. The molecule has 0 saturated heterocycles. The number of rotatable bonds is 3. The van der Waals surface area contributed by atoms with Gasteiger partial charge in [0.2, 0.25) is 0 Å². The zero-order valence-electron chi connectivity index (χ0n) is 11.3. The Morgan fingerprint density at radius 3 is 2.70 bits per heavy atom. The summed E-state index contributed by atoms with van der Waals surface area (Å²) in [5, 5.41) is 0. The first-order valence-corrected chi connectivity index (χ1v) is 6.36. The van der Waals surface area contributed by atoms with Gasteiger partial charge in [0, 0.05) is 6.07 Å². The molecule has 0 unspecified atom stereocenters. The molecule has 2 rings (SSSR count). The van der Waals surface area contributed by atoms with Gasteiger partial charge in [-0.15, -0.1) is 0 Å². The lowest BCUT2D eigenvalue weighted by Crippen LogP contribution is -1.98. The number of hydrogen-bond acceptors (Lipinski definition) is 2. The predicted molar refractivity (Wildman–Crippen MR) is 77.8 cm³/mol. The van der Waals surface area contributed by atoms with Crippen LogP contribution in [0.4, 0.5) is 4.39 Å². The van der Waals surface area contributed by atoms with Crippen molar-refractivity contribution in [2.24, 2.45) is 5.73 Å². The normalized spacial score (nSPS) is 9.75. The third kappa shape index (κ3) is 3.59. The van der Waals surface area contributed by atoms with Crippen LogP contribution in [0.2, 0.25) is 0 Å². The molecule has 0 bridgehead atoms. The number of hydrogen-bond donors (Lipinski definition) is 1. The van der Waals surface area contributed by atoms with Crippen LogP contribution in [0.25, 0.3) is 0 Å². The molecule has 0 spiro atoms. The van der Waals surface area contributed by atoms with Crippen LogP contribution in [0, 0.1) is 24.6 Å². The summed E-state index contributed by atoms with van der Waals surface area (Å²) in [4.78, 5) is 0. The Balaban J connectivity index is 2.08. The summed E-state index contributed by atoms with van der Waals surface area (Å²) in [5.41, 5.74) is 7.83. The van der Waals surface area contributed by atoms with Crippen molar-refractivity contribution < 1.29 is 9.13 Å². The van der Waals surface area contributed by atoms with Crippen LogP contribution in [0.1, 0.15) is 16.7 Å². The molecule has 0 atom stereocenters. The summed E-state index contributed by atoms with van der Waals surface area (Å²) in [6.07, 6.45) is 0. The molecule has 0 amide bonds. The zero-order chi connectivity index (χ0) is 14.4. The highest BCUT2D eigenvalue weighted by molar-refractivity contribution is 5.40. The third-order valence-electron chi connectivity index (χ3n) is 2.92. The van der Waals surface area contributed by atoms with Gasteiger partial charge in [0.25, 0.3) is 0 Å². The van der Waals surface area contributed by atoms with E-state index < -0.39 is 5.82 Å². The van der Waals surface area contributed by atoms with E-state index in [4.69, 9.17) is 10.5 Å². The van der Waals surface area contributed by atoms with E-state index in [1.54, 1.807) is 12.1 Å². The van der Waals surface area contributed by atoms with Crippen molar-refractivity contribution in [3.05, 3.63) is 65.0 Å². The van der Waals surface area contributed by atoms with Gasteiger partial charge in [0.15, 0.2) is 0 Å². The lowest BCUT2D eigenvalue weighted by Gasteiger charge is -2.09. The molecule has 2 nitrogen and oxygen atoms in total. The van der Waals surface area contributed by atoms with E-state index in [0.717, 1.165) is 11.1 Å². The average molecular weight is 269 g/mol. The monoisotopic (exact) mass is 269 g/mol. The van der Waals surface area contributed by atoms with Gasteiger partial charge >= 0.3 is 0 Å². The van der Waals surface area contributed by atoms with E-state index in [1.807, 2.05) is 31.2 Å². The first-order chi connectivity index (χ1) is 9.70. The van der Waals surface area contributed by atoms with Crippen LogP contribution < -0.4 is 10.5 Å². The van der Waals surface area contributed by atoms with Crippen molar-refractivity contribution in [2.75, 3.05) is 6.54 Å². The van der Waals surface area contributed by atoms with E-state index in [2.05, 4.69) is 11.8 Å². The summed E-state index contributed by atoms with van der Waals surface area (Å²) < 4.78 is 19.4. The van der Waals surface area contributed by atoms with Gasteiger partial charge in [0.1, 0.15) is 18.2 Å². The van der Waals surface area contributed by atoms with Crippen molar-refractivity contribution >= 4 is 0 Å². The van der Waals surface area contributed by atoms with Crippen molar-refractivity contribution in [3.63, 3.8) is 0 Å². The predicted octanol–water partition coefficient (Wildman–Crippen LogP) is 3.02. The van der Waals surface area contributed by atoms with Gasteiger partial charge in [-0.2, -0.15) is 0 Å². The van der Waals surface area contributed by atoms with Crippen LogP contribution >= 0.6 is 0 Å². The highest BCUT2D eigenvalue weighted by Crippen LogP contribution is 2.18. The maximum atomic E-state index is 13.8. The van der Waals surface area contributed by atoms with Crippen LogP contribution in [0.3, 0.4) is 0 Å². The minimum absolute atomic E-state index is 0.213. The number of aryl methyl sites for hydroxylation is 1. The summed E-state index contributed by atoms with van der Waals surface area (Å²) in [5.74, 6) is 5.40. The minimum atomic E-state index is -0.395. The average Bonchev–Trinajstić information content (AvgIpc) is 2.45. The standard InChI is InChI=1S/C17H16FNO/c1-13-5-2-3-6-15(13)12-20-16-9-8-14(7-4-10-19)17(18)11-16/h2-3,5-6,8-9,11H,10,12,19H2,1H3. The first kappa shape index (κ1) is 14.1. The second-order valence-electron chi connectivity index (χ2n) is 4.36. The van der Waals surface area contributed by atoms with Gasteiger partial charge < -0.3 is 10.5 Å². The topological polar surface area (TPSA) is 35.2 Å². The van der Waals surface area contributed by atoms with E-state index >= 15 is 0 Å². The van der Waals surface area contributed by atoms with Gasteiger partial charge in [-0.25, -0.2) is 4.39 Å². The van der Waals surface area contributed by atoms with Gasteiger partial charge in [0.05, 0.1) is 12.1 Å². The number of halogens is 1. The second kappa shape index (κ2) is 6.74. The fraction of sp³-hybridized carbons (Fsp3) is 0.176. The Hall–Kier alpha value is -2.31. The molecule has 0 aliphatic heterocycles. The fourth-order valence-electron chi connectivity index (χ4n) is 1.77. The summed E-state index contributed by atoms with van der Waals surface area (Å²) in [6, 6.07) is 12.6. The number of ether oxygens (including phenoxy) is 1. The smallest absolute Gasteiger partial charge is 0.142 e. The zero-order valence-corrected chi connectivity index (χ0v) is 11.3. The molecule has 20 heavy (non-hydrogen) atoms. The first-order valence-electron chi connectivity index (χ1n) is 6.36. The van der Waals surface area contributed by atoms with Gasteiger partial charge in [-0.1, -0.05) is 36.1 Å². The van der Waals surface area contributed by atoms with E-state index in [0.29, 0.717) is 17.9 Å². The Morgan fingerprint density at radius 1 is 1.20 bits per heavy atom. The molecular formula is C17H16FNO. The highest BCUT2D eigenvalue weighted by atomic mass is 19.1.